The number of aromatic nitrogens is 2. The van der Waals surface area contributed by atoms with Crippen molar-refractivity contribution >= 4 is 28.4 Å². The fraction of sp³-hybridized carbons (Fsp3) is 0.750. The summed E-state index contributed by atoms with van der Waals surface area (Å²) >= 11 is 2.39. The van der Waals surface area contributed by atoms with E-state index in [2.05, 4.69) is 34.8 Å². The molecule has 0 spiro atoms. The lowest BCUT2D eigenvalue weighted by Crippen LogP contribution is -2.33. The van der Waals surface area contributed by atoms with Crippen LogP contribution in [0.5, 0.6) is 0 Å². The number of nitrogens with one attached hydrogen (secondary N) is 1. The molecule has 4 nitrogen and oxygen atoms in total. The highest BCUT2D eigenvalue weighted by Crippen LogP contribution is 2.39. The lowest BCUT2D eigenvalue weighted by atomic mass is 9.94. The molecule has 1 saturated carbocycles. The monoisotopic (exact) mass is 401 g/mol. The number of hydrogen-bond acceptors (Lipinski definition) is 4. The molecule has 0 bridgehead atoms. The lowest BCUT2D eigenvalue weighted by molar-refractivity contribution is -0.0761. The molecule has 1 aliphatic carbocycles. The zero-order valence-corrected chi connectivity index (χ0v) is 15.1. The summed E-state index contributed by atoms with van der Waals surface area (Å²) in [6.45, 7) is 2.96. The van der Waals surface area contributed by atoms with E-state index < -0.39 is 0 Å². The number of halogens is 1. The largest absolute Gasteiger partial charge is 0.372 e. The minimum atomic E-state index is -0.318. The van der Waals surface area contributed by atoms with E-state index in [4.69, 9.17) is 14.7 Å². The topological polar surface area (TPSA) is 47.0 Å². The molecule has 1 aromatic heterocycles. The highest BCUT2D eigenvalue weighted by molar-refractivity contribution is 14.1. The normalized spacial score (nSPS) is 27.0. The van der Waals surface area contributed by atoms with Crippen LogP contribution >= 0.6 is 22.6 Å². The molecular formula is C16H24IN3O. The molecule has 0 aromatic carbocycles. The summed E-state index contributed by atoms with van der Waals surface area (Å²) in [5, 5.41) is 3.24. The third-order valence-electron chi connectivity index (χ3n) is 4.80. The molecule has 3 rings (SSSR count). The van der Waals surface area contributed by atoms with Gasteiger partial charge in [-0.25, -0.2) is 9.97 Å². The van der Waals surface area contributed by atoms with Crippen LogP contribution in [-0.2, 0) is 10.3 Å². The summed E-state index contributed by atoms with van der Waals surface area (Å²) < 4.78 is 7.24. The maximum absolute atomic E-state index is 6.05. The molecular weight excluding hydrogens is 377 g/mol. The molecule has 1 atom stereocenters. The van der Waals surface area contributed by atoms with Crippen LogP contribution in [0, 0.1) is 3.57 Å². The molecule has 2 aliphatic rings. The van der Waals surface area contributed by atoms with E-state index in [0.717, 1.165) is 31.1 Å². The first-order valence-corrected chi connectivity index (χ1v) is 9.11. The Morgan fingerprint density at radius 2 is 1.95 bits per heavy atom. The Labute approximate surface area is 140 Å². The van der Waals surface area contributed by atoms with Crippen molar-refractivity contribution in [2.75, 3.05) is 19.0 Å². The predicted molar refractivity (Wildman–Crippen MR) is 92.7 cm³/mol. The molecule has 1 aliphatic heterocycles. The highest BCUT2D eigenvalue weighted by Gasteiger charge is 2.35. The average molecular weight is 401 g/mol. The quantitative estimate of drug-likeness (QED) is 0.772. The molecule has 116 valence electrons. The van der Waals surface area contributed by atoms with Gasteiger partial charge in [-0.2, -0.15) is 0 Å². The second kappa shape index (κ2) is 6.36. The van der Waals surface area contributed by atoms with E-state index in [1.54, 1.807) is 0 Å². The van der Waals surface area contributed by atoms with E-state index in [1.807, 2.05) is 7.05 Å². The number of rotatable bonds is 3. The van der Waals surface area contributed by atoms with Crippen molar-refractivity contribution in [3.05, 3.63) is 15.1 Å². The Morgan fingerprint density at radius 1 is 1.19 bits per heavy atom. The molecule has 0 amide bonds. The average Bonchev–Trinajstić information content (AvgIpc) is 3.02. The first-order valence-electron chi connectivity index (χ1n) is 8.03. The minimum Gasteiger partial charge on any atom is -0.372 e. The second-order valence-corrected chi connectivity index (χ2v) is 7.44. The molecule has 1 saturated heterocycles. The molecule has 2 heterocycles. The van der Waals surface area contributed by atoms with E-state index in [1.165, 1.54) is 41.4 Å². The van der Waals surface area contributed by atoms with E-state index in [9.17, 15) is 0 Å². The predicted octanol–water partition coefficient (Wildman–Crippen LogP) is 4.20. The molecule has 2 fully saturated rings. The summed E-state index contributed by atoms with van der Waals surface area (Å²) in [4.78, 5) is 9.74. The first kappa shape index (κ1) is 15.5. The second-order valence-electron chi connectivity index (χ2n) is 6.36. The maximum atomic E-state index is 6.05. The first-order chi connectivity index (χ1) is 10.1. The molecule has 21 heavy (non-hydrogen) atoms. The summed E-state index contributed by atoms with van der Waals surface area (Å²) in [5.41, 5.74) is 0.916. The van der Waals surface area contributed by atoms with Gasteiger partial charge in [0.25, 0.3) is 0 Å². The van der Waals surface area contributed by atoms with Crippen molar-refractivity contribution in [1.82, 2.24) is 9.97 Å². The van der Waals surface area contributed by atoms with E-state index in [-0.39, 0.29) is 5.60 Å². The van der Waals surface area contributed by atoms with Gasteiger partial charge in [0.1, 0.15) is 11.4 Å². The van der Waals surface area contributed by atoms with Crippen molar-refractivity contribution in [2.24, 2.45) is 0 Å². The van der Waals surface area contributed by atoms with Crippen LogP contribution in [0.2, 0.25) is 0 Å². The van der Waals surface area contributed by atoms with Gasteiger partial charge in [0.15, 0.2) is 5.82 Å². The van der Waals surface area contributed by atoms with Crippen LogP contribution in [0.25, 0.3) is 0 Å². The Hall–Kier alpha value is -0.430. The van der Waals surface area contributed by atoms with E-state index >= 15 is 0 Å². The smallest absolute Gasteiger partial charge is 0.162 e. The lowest BCUT2D eigenvalue weighted by Gasteiger charge is -2.33. The molecule has 1 unspecified atom stereocenters. The van der Waals surface area contributed by atoms with Gasteiger partial charge in [-0.1, -0.05) is 12.8 Å². The van der Waals surface area contributed by atoms with Gasteiger partial charge >= 0.3 is 0 Å². The summed E-state index contributed by atoms with van der Waals surface area (Å²) in [7, 11) is 1.94. The summed E-state index contributed by atoms with van der Waals surface area (Å²) in [6.07, 6.45) is 8.51. The van der Waals surface area contributed by atoms with Crippen LogP contribution in [0.3, 0.4) is 0 Å². The number of hydrogen-bond donors (Lipinski definition) is 1. The van der Waals surface area contributed by atoms with Gasteiger partial charge < -0.3 is 10.1 Å². The SMILES string of the molecule is CNc1nc(C2(C)CCCCO2)nc(C2CCCC2)c1I. The van der Waals surface area contributed by atoms with Gasteiger partial charge in [0, 0.05) is 19.6 Å². The van der Waals surface area contributed by atoms with Crippen LogP contribution in [0.15, 0.2) is 0 Å². The Morgan fingerprint density at radius 3 is 2.57 bits per heavy atom. The van der Waals surface area contributed by atoms with Crippen LogP contribution in [-0.4, -0.2) is 23.6 Å². The third-order valence-corrected chi connectivity index (χ3v) is 5.86. The van der Waals surface area contributed by atoms with Crippen molar-refractivity contribution < 1.29 is 4.74 Å². The van der Waals surface area contributed by atoms with Crippen LogP contribution in [0.4, 0.5) is 5.82 Å². The minimum absolute atomic E-state index is 0.318. The van der Waals surface area contributed by atoms with E-state index in [0.29, 0.717) is 5.92 Å². The Bertz CT molecular complexity index is 508. The molecule has 0 radical (unpaired) electrons. The van der Waals surface area contributed by atoms with Gasteiger partial charge in [-0.15, -0.1) is 0 Å². The van der Waals surface area contributed by atoms with Crippen LogP contribution in [0.1, 0.15) is 69.3 Å². The Balaban J connectivity index is 2.02. The molecule has 5 heteroatoms. The molecule has 1 N–H and O–H groups in total. The Kier molecular flexibility index (Phi) is 4.69. The van der Waals surface area contributed by atoms with Crippen molar-refractivity contribution in [1.29, 1.82) is 0 Å². The molecule has 1 aromatic rings. The zero-order valence-electron chi connectivity index (χ0n) is 12.9. The standard InChI is InChI=1S/C16H24IN3O/c1-16(9-5-6-10-21-16)15-19-13(11-7-3-4-8-11)12(17)14(18-2)20-15/h11H,3-10H2,1-2H3,(H,18,19,20). The number of anilines is 1. The van der Waals surface area contributed by atoms with Gasteiger partial charge in [-0.05, 0) is 61.6 Å². The van der Waals surface area contributed by atoms with Crippen molar-refractivity contribution in [3.63, 3.8) is 0 Å². The van der Waals surface area contributed by atoms with Crippen LogP contribution < -0.4 is 5.32 Å². The maximum Gasteiger partial charge on any atom is 0.162 e. The van der Waals surface area contributed by atoms with Crippen molar-refractivity contribution in [2.45, 2.75) is 63.4 Å². The van der Waals surface area contributed by atoms with Gasteiger partial charge in [0.2, 0.25) is 0 Å². The number of ether oxygens (including phenoxy) is 1. The fourth-order valence-electron chi connectivity index (χ4n) is 3.45. The summed E-state index contributed by atoms with van der Waals surface area (Å²) in [5.74, 6) is 2.42. The van der Waals surface area contributed by atoms with Gasteiger partial charge in [-0.3, -0.25) is 0 Å². The summed E-state index contributed by atoms with van der Waals surface area (Å²) in [6, 6.07) is 0. The third kappa shape index (κ3) is 3.04. The van der Waals surface area contributed by atoms with Gasteiger partial charge in [0.05, 0.1) is 9.26 Å². The zero-order chi connectivity index (χ0) is 14.9. The highest BCUT2D eigenvalue weighted by atomic mass is 127. The fourth-order valence-corrected chi connectivity index (χ4v) is 4.40. The number of nitrogens with zero attached hydrogens (tertiary/aromatic N) is 2. The van der Waals surface area contributed by atoms with Crippen molar-refractivity contribution in [3.8, 4) is 0 Å².